The van der Waals surface area contributed by atoms with Crippen molar-refractivity contribution in [1.29, 1.82) is 0 Å². The van der Waals surface area contributed by atoms with Crippen molar-refractivity contribution >= 4 is 17.2 Å². The first-order valence-corrected chi connectivity index (χ1v) is 7.57. The predicted molar refractivity (Wildman–Crippen MR) is 84.3 cm³/mol. The summed E-state index contributed by atoms with van der Waals surface area (Å²) < 4.78 is 0. The third-order valence-electron chi connectivity index (χ3n) is 3.29. The molecule has 0 radical (unpaired) electrons. The number of likely N-dealkylation sites (N-methyl/N-ethyl adjacent to an activating group) is 1. The van der Waals surface area contributed by atoms with Crippen LogP contribution in [-0.4, -0.2) is 37.5 Å². The SMILES string of the molecule is CN(C)C(CNC(=O)c1cccs1)Cc1ccccc1. The van der Waals surface area contributed by atoms with E-state index < -0.39 is 0 Å². The average molecular weight is 288 g/mol. The molecule has 1 atom stereocenters. The molecule has 20 heavy (non-hydrogen) atoms. The minimum absolute atomic E-state index is 0.0138. The molecule has 1 N–H and O–H groups in total. The van der Waals surface area contributed by atoms with Crippen LogP contribution in [0.15, 0.2) is 47.8 Å². The third kappa shape index (κ3) is 4.18. The molecule has 106 valence electrons. The van der Waals surface area contributed by atoms with Gasteiger partial charge >= 0.3 is 0 Å². The van der Waals surface area contributed by atoms with Gasteiger partial charge in [0.1, 0.15) is 0 Å². The summed E-state index contributed by atoms with van der Waals surface area (Å²) in [4.78, 5) is 14.9. The Morgan fingerprint density at radius 3 is 2.55 bits per heavy atom. The number of benzene rings is 1. The molecule has 0 aliphatic rings. The Hall–Kier alpha value is -1.65. The number of hydrogen-bond donors (Lipinski definition) is 1. The highest BCUT2D eigenvalue weighted by molar-refractivity contribution is 7.12. The Kier molecular flexibility index (Phi) is 5.32. The molecule has 0 saturated carbocycles. The molecule has 1 amide bonds. The molecule has 3 nitrogen and oxygen atoms in total. The van der Waals surface area contributed by atoms with Gasteiger partial charge in [0.15, 0.2) is 0 Å². The fourth-order valence-electron chi connectivity index (χ4n) is 2.03. The highest BCUT2D eigenvalue weighted by Crippen LogP contribution is 2.09. The monoisotopic (exact) mass is 288 g/mol. The van der Waals surface area contributed by atoms with E-state index in [1.165, 1.54) is 16.9 Å². The van der Waals surface area contributed by atoms with Gasteiger partial charge in [-0.3, -0.25) is 4.79 Å². The third-order valence-corrected chi connectivity index (χ3v) is 4.16. The summed E-state index contributed by atoms with van der Waals surface area (Å²) in [5, 5.41) is 4.94. The van der Waals surface area contributed by atoms with Crippen LogP contribution in [0.3, 0.4) is 0 Å². The van der Waals surface area contributed by atoms with Crippen LogP contribution in [0.1, 0.15) is 15.2 Å². The van der Waals surface area contributed by atoms with Gasteiger partial charge in [0, 0.05) is 12.6 Å². The zero-order valence-electron chi connectivity index (χ0n) is 11.9. The zero-order chi connectivity index (χ0) is 14.4. The molecule has 0 fully saturated rings. The highest BCUT2D eigenvalue weighted by atomic mass is 32.1. The van der Waals surface area contributed by atoms with Gasteiger partial charge in [-0.2, -0.15) is 0 Å². The van der Waals surface area contributed by atoms with Crippen molar-refractivity contribution in [3.8, 4) is 0 Å². The van der Waals surface area contributed by atoms with Gasteiger partial charge in [-0.05, 0) is 37.5 Å². The van der Waals surface area contributed by atoms with Gasteiger partial charge in [-0.1, -0.05) is 36.4 Å². The topological polar surface area (TPSA) is 32.3 Å². The second kappa shape index (κ2) is 7.22. The largest absolute Gasteiger partial charge is 0.350 e. The van der Waals surface area contributed by atoms with E-state index in [0.717, 1.165) is 11.3 Å². The first-order valence-electron chi connectivity index (χ1n) is 6.69. The lowest BCUT2D eigenvalue weighted by Crippen LogP contribution is -2.41. The van der Waals surface area contributed by atoms with Crippen LogP contribution < -0.4 is 5.32 Å². The second-order valence-corrected chi connectivity index (χ2v) is 5.94. The lowest BCUT2D eigenvalue weighted by atomic mass is 10.1. The smallest absolute Gasteiger partial charge is 0.261 e. The van der Waals surface area contributed by atoms with Gasteiger partial charge in [-0.25, -0.2) is 0 Å². The zero-order valence-corrected chi connectivity index (χ0v) is 12.7. The first-order chi connectivity index (χ1) is 9.66. The van der Waals surface area contributed by atoms with Gasteiger partial charge in [0.2, 0.25) is 0 Å². The number of carbonyl (C=O) groups excluding carboxylic acids is 1. The van der Waals surface area contributed by atoms with Crippen molar-refractivity contribution in [1.82, 2.24) is 10.2 Å². The Labute approximate surface area is 124 Å². The molecule has 0 aliphatic carbocycles. The average Bonchev–Trinajstić information content (AvgIpc) is 2.98. The summed E-state index contributed by atoms with van der Waals surface area (Å²) in [6.45, 7) is 0.651. The van der Waals surface area contributed by atoms with Crippen LogP contribution >= 0.6 is 11.3 Å². The maximum atomic E-state index is 12.0. The number of hydrogen-bond acceptors (Lipinski definition) is 3. The van der Waals surface area contributed by atoms with E-state index in [9.17, 15) is 4.79 Å². The Morgan fingerprint density at radius 2 is 1.95 bits per heavy atom. The number of rotatable bonds is 6. The number of nitrogens with one attached hydrogen (secondary N) is 1. The Morgan fingerprint density at radius 1 is 1.20 bits per heavy atom. The second-order valence-electron chi connectivity index (χ2n) is 4.99. The van der Waals surface area contributed by atoms with Gasteiger partial charge in [0.25, 0.3) is 5.91 Å². The Bertz CT molecular complexity index is 523. The molecule has 0 bridgehead atoms. The summed E-state index contributed by atoms with van der Waals surface area (Å²) in [6.07, 6.45) is 0.929. The summed E-state index contributed by atoms with van der Waals surface area (Å²) in [7, 11) is 4.09. The van der Waals surface area contributed by atoms with Gasteiger partial charge in [-0.15, -0.1) is 11.3 Å². The molecule has 1 unspecified atom stereocenters. The fraction of sp³-hybridized carbons (Fsp3) is 0.312. The molecule has 2 rings (SSSR count). The van der Waals surface area contributed by atoms with Crippen molar-refractivity contribution in [2.45, 2.75) is 12.5 Å². The van der Waals surface area contributed by atoms with Crippen molar-refractivity contribution in [3.05, 3.63) is 58.3 Å². The van der Waals surface area contributed by atoms with E-state index in [2.05, 4.69) is 22.3 Å². The molecule has 0 spiro atoms. The fourth-order valence-corrected chi connectivity index (χ4v) is 2.67. The van der Waals surface area contributed by atoms with Crippen LogP contribution in [0, 0.1) is 0 Å². The van der Waals surface area contributed by atoms with E-state index >= 15 is 0 Å². The van der Waals surface area contributed by atoms with Crippen LogP contribution in [0.4, 0.5) is 0 Å². The van der Waals surface area contributed by atoms with Crippen molar-refractivity contribution in [2.24, 2.45) is 0 Å². The minimum Gasteiger partial charge on any atom is -0.350 e. The maximum Gasteiger partial charge on any atom is 0.261 e. The van der Waals surface area contributed by atoms with E-state index in [0.29, 0.717) is 12.6 Å². The molecule has 2 aromatic rings. The van der Waals surface area contributed by atoms with E-state index in [1.807, 2.05) is 49.8 Å². The highest BCUT2D eigenvalue weighted by Gasteiger charge is 2.14. The molecule has 0 saturated heterocycles. The first kappa shape index (κ1) is 14.8. The maximum absolute atomic E-state index is 12.0. The number of amides is 1. The summed E-state index contributed by atoms with van der Waals surface area (Å²) >= 11 is 1.47. The van der Waals surface area contributed by atoms with Crippen molar-refractivity contribution in [2.75, 3.05) is 20.6 Å². The van der Waals surface area contributed by atoms with Crippen LogP contribution in [0.2, 0.25) is 0 Å². The normalized spacial score (nSPS) is 12.3. The number of thiophene rings is 1. The van der Waals surface area contributed by atoms with Crippen molar-refractivity contribution < 1.29 is 4.79 Å². The number of carbonyl (C=O) groups is 1. The van der Waals surface area contributed by atoms with E-state index in [1.54, 1.807) is 0 Å². The lowest BCUT2D eigenvalue weighted by Gasteiger charge is -2.24. The molecule has 1 aromatic carbocycles. The van der Waals surface area contributed by atoms with Gasteiger partial charge < -0.3 is 10.2 Å². The summed E-state index contributed by atoms with van der Waals surface area (Å²) in [6, 6.07) is 14.4. The lowest BCUT2D eigenvalue weighted by molar-refractivity contribution is 0.0946. The standard InChI is InChI=1S/C16H20N2OS/c1-18(2)14(11-13-7-4-3-5-8-13)12-17-16(19)15-9-6-10-20-15/h3-10,14H,11-12H2,1-2H3,(H,17,19). The molecular formula is C16H20N2OS. The molecule has 1 aromatic heterocycles. The molecule has 1 heterocycles. The van der Waals surface area contributed by atoms with Crippen molar-refractivity contribution in [3.63, 3.8) is 0 Å². The number of nitrogens with zero attached hydrogens (tertiary/aromatic N) is 1. The van der Waals surface area contributed by atoms with Gasteiger partial charge in [0.05, 0.1) is 4.88 Å². The van der Waals surface area contributed by atoms with Crippen LogP contribution in [0.5, 0.6) is 0 Å². The van der Waals surface area contributed by atoms with Crippen LogP contribution in [0.25, 0.3) is 0 Å². The summed E-state index contributed by atoms with van der Waals surface area (Å²) in [5.74, 6) is 0.0138. The predicted octanol–water partition coefficient (Wildman–Crippen LogP) is 2.65. The minimum atomic E-state index is 0.0138. The molecule has 4 heteroatoms. The quantitative estimate of drug-likeness (QED) is 0.886. The Balaban J connectivity index is 1.91. The van der Waals surface area contributed by atoms with Crippen LogP contribution in [-0.2, 0) is 6.42 Å². The molecular weight excluding hydrogens is 268 g/mol. The molecule has 0 aliphatic heterocycles. The summed E-state index contributed by atoms with van der Waals surface area (Å²) in [5.41, 5.74) is 1.29. The van der Waals surface area contributed by atoms with E-state index in [-0.39, 0.29) is 5.91 Å². The van der Waals surface area contributed by atoms with E-state index in [4.69, 9.17) is 0 Å².